The van der Waals surface area contributed by atoms with Crippen LogP contribution < -0.4 is 5.32 Å². The molecule has 20 heavy (non-hydrogen) atoms. The van der Waals surface area contributed by atoms with Crippen LogP contribution in [0.3, 0.4) is 0 Å². The Hall–Kier alpha value is -2.58. The molecule has 0 fully saturated rings. The zero-order chi connectivity index (χ0) is 14.9. The predicted molar refractivity (Wildman–Crippen MR) is 62.9 cm³/mol. The summed E-state index contributed by atoms with van der Waals surface area (Å²) in [6.45, 7) is 0. The van der Waals surface area contributed by atoms with Gasteiger partial charge in [0.1, 0.15) is 0 Å². The number of alkyl halides is 3. The van der Waals surface area contributed by atoms with Crippen molar-refractivity contribution in [1.29, 1.82) is 0 Å². The molecule has 9 heteroatoms. The van der Waals surface area contributed by atoms with Crippen LogP contribution in [0.2, 0.25) is 0 Å². The average Bonchev–Trinajstić information content (AvgIpc) is 2.82. The van der Waals surface area contributed by atoms with Crippen molar-refractivity contribution in [2.24, 2.45) is 0 Å². The first-order valence-electron chi connectivity index (χ1n) is 5.39. The molecular weight excluding hydrogens is 277 g/mol. The second kappa shape index (κ2) is 4.83. The summed E-state index contributed by atoms with van der Waals surface area (Å²) in [5.41, 5.74) is -1.75. The summed E-state index contributed by atoms with van der Waals surface area (Å²) < 4.78 is 38.6. The largest absolute Gasteiger partial charge is 0.476 e. The monoisotopic (exact) mass is 286 g/mol. The molecule has 0 aliphatic carbocycles. The van der Waals surface area contributed by atoms with Gasteiger partial charge in [-0.1, -0.05) is 12.1 Å². The normalized spacial score (nSPS) is 11.4. The van der Waals surface area contributed by atoms with E-state index in [1.807, 2.05) is 0 Å². The summed E-state index contributed by atoms with van der Waals surface area (Å²) in [4.78, 5) is 11.6. The molecule has 0 saturated heterocycles. The van der Waals surface area contributed by atoms with Gasteiger partial charge in [0.15, 0.2) is 5.82 Å². The third-order valence-electron chi connectivity index (χ3n) is 2.48. The first-order valence-corrected chi connectivity index (χ1v) is 5.39. The molecule has 0 aliphatic heterocycles. The Kier molecular flexibility index (Phi) is 3.35. The standard InChI is InChI=1S/C11H9F3N4O2/c1-15-9-8(10(19)20)16-18(17-9)7-5-3-2-4-6(7)11(12,13)14/h2-5H,1H3,(H,15,17)(H,19,20). The number of hydrogen-bond donors (Lipinski definition) is 2. The van der Waals surface area contributed by atoms with E-state index in [1.165, 1.54) is 19.2 Å². The summed E-state index contributed by atoms with van der Waals surface area (Å²) in [6, 6.07) is 4.65. The molecule has 0 atom stereocenters. The van der Waals surface area contributed by atoms with Crippen LogP contribution in [0.25, 0.3) is 5.69 Å². The second-order valence-electron chi connectivity index (χ2n) is 3.76. The minimum Gasteiger partial charge on any atom is -0.476 e. The fourth-order valence-corrected chi connectivity index (χ4v) is 1.61. The number of aromatic nitrogens is 3. The topological polar surface area (TPSA) is 80.0 Å². The molecule has 0 radical (unpaired) electrons. The van der Waals surface area contributed by atoms with Crippen molar-refractivity contribution in [2.45, 2.75) is 6.18 Å². The molecule has 0 spiro atoms. The molecule has 2 aromatic rings. The van der Waals surface area contributed by atoms with Crippen LogP contribution in [0.15, 0.2) is 24.3 Å². The highest BCUT2D eigenvalue weighted by Crippen LogP contribution is 2.33. The minimum atomic E-state index is -4.59. The lowest BCUT2D eigenvalue weighted by Gasteiger charge is -2.11. The van der Waals surface area contributed by atoms with Gasteiger partial charge in [-0.3, -0.25) is 0 Å². The van der Waals surface area contributed by atoms with E-state index < -0.39 is 23.4 Å². The molecular formula is C11H9F3N4O2. The lowest BCUT2D eigenvalue weighted by atomic mass is 10.2. The fourth-order valence-electron chi connectivity index (χ4n) is 1.61. The van der Waals surface area contributed by atoms with E-state index in [1.54, 1.807) is 0 Å². The molecule has 2 N–H and O–H groups in total. The van der Waals surface area contributed by atoms with Crippen LogP contribution >= 0.6 is 0 Å². The number of carbonyl (C=O) groups is 1. The van der Waals surface area contributed by atoms with E-state index in [0.717, 1.165) is 12.1 Å². The zero-order valence-electron chi connectivity index (χ0n) is 10.1. The van der Waals surface area contributed by atoms with Crippen molar-refractivity contribution in [1.82, 2.24) is 15.0 Å². The number of rotatable bonds is 3. The Bertz CT molecular complexity index is 651. The Labute approximate surface area is 110 Å². The van der Waals surface area contributed by atoms with Crippen molar-refractivity contribution in [3.8, 4) is 5.69 Å². The molecule has 0 amide bonds. The number of aromatic carboxylic acids is 1. The lowest BCUT2D eigenvalue weighted by molar-refractivity contribution is -0.137. The highest BCUT2D eigenvalue weighted by molar-refractivity contribution is 5.90. The van der Waals surface area contributed by atoms with Gasteiger partial charge in [-0.25, -0.2) is 4.79 Å². The number of carboxylic acid groups (broad SMARTS) is 1. The average molecular weight is 286 g/mol. The van der Waals surface area contributed by atoms with Crippen LogP contribution in [0, 0.1) is 0 Å². The Morgan fingerprint density at radius 1 is 1.30 bits per heavy atom. The van der Waals surface area contributed by atoms with E-state index in [0.29, 0.717) is 4.80 Å². The first-order chi connectivity index (χ1) is 9.34. The second-order valence-corrected chi connectivity index (χ2v) is 3.76. The van der Waals surface area contributed by atoms with Gasteiger partial charge in [-0.15, -0.1) is 15.0 Å². The van der Waals surface area contributed by atoms with Gasteiger partial charge in [0.05, 0.1) is 11.3 Å². The maximum Gasteiger partial charge on any atom is 0.418 e. The van der Waals surface area contributed by atoms with E-state index in [2.05, 4.69) is 15.5 Å². The Morgan fingerprint density at radius 2 is 1.95 bits per heavy atom. The molecule has 0 unspecified atom stereocenters. The van der Waals surface area contributed by atoms with Crippen molar-refractivity contribution < 1.29 is 23.1 Å². The number of benzene rings is 1. The molecule has 0 bridgehead atoms. The van der Waals surface area contributed by atoms with Gasteiger partial charge in [0.2, 0.25) is 5.69 Å². The number of nitrogens with zero attached hydrogens (tertiary/aromatic N) is 3. The van der Waals surface area contributed by atoms with Gasteiger partial charge >= 0.3 is 12.1 Å². The predicted octanol–water partition coefficient (Wildman–Crippen LogP) is 2.03. The maximum atomic E-state index is 12.9. The lowest BCUT2D eigenvalue weighted by Crippen LogP contribution is -2.12. The van der Waals surface area contributed by atoms with Gasteiger partial charge < -0.3 is 10.4 Å². The van der Waals surface area contributed by atoms with Gasteiger partial charge in [0, 0.05) is 7.05 Å². The van der Waals surface area contributed by atoms with Gasteiger partial charge in [-0.2, -0.15) is 13.2 Å². The number of nitrogens with one attached hydrogen (secondary N) is 1. The first kappa shape index (κ1) is 13.8. The van der Waals surface area contributed by atoms with Crippen LogP contribution in [-0.2, 0) is 6.18 Å². The smallest absolute Gasteiger partial charge is 0.418 e. The van der Waals surface area contributed by atoms with Crippen LogP contribution in [-0.4, -0.2) is 33.1 Å². The molecule has 106 valence electrons. The van der Waals surface area contributed by atoms with E-state index in [9.17, 15) is 18.0 Å². The summed E-state index contributed by atoms with van der Waals surface area (Å²) in [7, 11) is 1.40. The third-order valence-corrected chi connectivity index (χ3v) is 2.48. The van der Waals surface area contributed by atoms with Crippen LogP contribution in [0.1, 0.15) is 16.1 Å². The third kappa shape index (κ3) is 2.42. The summed E-state index contributed by atoms with van der Waals surface area (Å²) in [5.74, 6) is -1.50. The summed E-state index contributed by atoms with van der Waals surface area (Å²) in [6.07, 6.45) is -4.59. The minimum absolute atomic E-state index is 0.116. The number of halogens is 3. The quantitative estimate of drug-likeness (QED) is 0.902. The zero-order valence-corrected chi connectivity index (χ0v) is 10.1. The number of carboxylic acids is 1. The number of para-hydroxylation sites is 1. The maximum absolute atomic E-state index is 12.9. The molecule has 2 rings (SSSR count). The van der Waals surface area contributed by atoms with E-state index in [4.69, 9.17) is 5.11 Å². The van der Waals surface area contributed by atoms with Crippen LogP contribution in [0.5, 0.6) is 0 Å². The van der Waals surface area contributed by atoms with E-state index in [-0.39, 0.29) is 11.5 Å². The highest BCUT2D eigenvalue weighted by atomic mass is 19.4. The van der Waals surface area contributed by atoms with Crippen molar-refractivity contribution in [3.63, 3.8) is 0 Å². The van der Waals surface area contributed by atoms with E-state index >= 15 is 0 Å². The molecule has 1 heterocycles. The fraction of sp³-hybridized carbons (Fsp3) is 0.182. The van der Waals surface area contributed by atoms with Crippen molar-refractivity contribution >= 4 is 11.8 Å². The number of hydrogen-bond acceptors (Lipinski definition) is 4. The van der Waals surface area contributed by atoms with Crippen LogP contribution in [0.4, 0.5) is 19.0 Å². The molecule has 1 aromatic carbocycles. The molecule has 1 aromatic heterocycles. The number of anilines is 1. The Morgan fingerprint density at radius 3 is 2.45 bits per heavy atom. The highest BCUT2D eigenvalue weighted by Gasteiger charge is 2.34. The summed E-state index contributed by atoms with van der Waals surface area (Å²) >= 11 is 0. The van der Waals surface area contributed by atoms with Gasteiger partial charge in [0.25, 0.3) is 0 Å². The SMILES string of the molecule is CNc1nn(-c2ccccc2C(F)(F)F)nc1C(=O)O. The van der Waals surface area contributed by atoms with Crippen molar-refractivity contribution in [3.05, 3.63) is 35.5 Å². The summed E-state index contributed by atoms with van der Waals surface area (Å²) in [5, 5.41) is 18.7. The molecule has 6 nitrogen and oxygen atoms in total. The molecule has 0 saturated carbocycles. The van der Waals surface area contributed by atoms with Crippen molar-refractivity contribution in [2.75, 3.05) is 12.4 Å². The molecule has 0 aliphatic rings. The van der Waals surface area contributed by atoms with Gasteiger partial charge in [-0.05, 0) is 12.1 Å². The Balaban J connectivity index is 2.61.